The van der Waals surface area contributed by atoms with Gasteiger partial charge in [0.1, 0.15) is 5.56 Å². The van der Waals surface area contributed by atoms with Crippen LogP contribution in [0.5, 0.6) is 0 Å². The second kappa shape index (κ2) is 5.32. The van der Waals surface area contributed by atoms with Crippen LogP contribution in [0.2, 0.25) is 0 Å². The van der Waals surface area contributed by atoms with E-state index in [4.69, 9.17) is 5.11 Å². The van der Waals surface area contributed by atoms with Crippen molar-refractivity contribution >= 4 is 17.3 Å². The van der Waals surface area contributed by atoms with Crippen LogP contribution in [0.25, 0.3) is 0 Å². The molecule has 2 aromatic heterocycles. The summed E-state index contributed by atoms with van der Waals surface area (Å²) < 4.78 is 1.62. The van der Waals surface area contributed by atoms with Gasteiger partial charge in [-0.25, -0.2) is 4.79 Å². The van der Waals surface area contributed by atoms with Gasteiger partial charge in [-0.15, -0.1) is 0 Å². The summed E-state index contributed by atoms with van der Waals surface area (Å²) in [5, 5.41) is 17.2. The van der Waals surface area contributed by atoms with Crippen LogP contribution in [0.4, 0.5) is 0 Å². The number of hydrogen-bond acceptors (Lipinski definition) is 4. The fourth-order valence-electron chi connectivity index (χ4n) is 1.83. The number of nitrogens with zero attached hydrogens (tertiary/aromatic N) is 3. The van der Waals surface area contributed by atoms with Gasteiger partial charge in [-0.3, -0.25) is 9.58 Å². The van der Waals surface area contributed by atoms with Crippen LogP contribution < -0.4 is 0 Å². The Bertz CT molecular complexity index is 534. The predicted molar refractivity (Wildman–Crippen MR) is 69.7 cm³/mol. The molecule has 0 atom stereocenters. The number of carboxylic acid groups (broad SMARTS) is 1. The van der Waals surface area contributed by atoms with Gasteiger partial charge in [0.15, 0.2) is 0 Å². The van der Waals surface area contributed by atoms with Crippen LogP contribution >= 0.6 is 11.3 Å². The Hall–Kier alpha value is -1.66. The molecule has 0 aliphatic heterocycles. The molecule has 0 aliphatic rings. The lowest BCUT2D eigenvalue weighted by Crippen LogP contribution is -2.20. The second-order valence-electron chi connectivity index (χ2n) is 4.24. The Kier molecular flexibility index (Phi) is 3.78. The van der Waals surface area contributed by atoms with E-state index < -0.39 is 5.97 Å². The third-order valence-corrected chi connectivity index (χ3v) is 3.48. The Morgan fingerprint density at radius 2 is 2.33 bits per heavy atom. The minimum absolute atomic E-state index is 0.273. The number of thiophene rings is 1. The quantitative estimate of drug-likeness (QED) is 0.895. The number of hydrogen-bond donors (Lipinski definition) is 1. The van der Waals surface area contributed by atoms with Crippen molar-refractivity contribution in [3.05, 3.63) is 39.8 Å². The molecule has 0 amide bonds. The molecule has 2 rings (SSSR count). The molecular weight excluding hydrogens is 250 g/mol. The number of carbonyl (C=O) groups is 1. The topological polar surface area (TPSA) is 58.4 Å². The van der Waals surface area contributed by atoms with Crippen LogP contribution in [-0.4, -0.2) is 32.8 Å². The summed E-state index contributed by atoms with van der Waals surface area (Å²) in [7, 11) is 3.73. The van der Waals surface area contributed by atoms with Gasteiger partial charge in [-0.05, 0) is 29.4 Å². The Labute approximate surface area is 109 Å². The first-order valence-electron chi connectivity index (χ1n) is 5.51. The van der Waals surface area contributed by atoms with Gasteiger partial charge in [-0.1, -0.05) is 0 Å². The van der Waals surface area contributed by atoms with Crippen molar-refractivity contribution in [2.75, 3.05) is 7.05 Å². The maximum atomic E-state index is 11.1. The van der Waals surface area contributed by atoms with E-state index in [0.29, 0.717) is 6.54 Å². The fourth-order valence-corrected chi connectivity index (χ4v) is 2.49. The molecule has 0 bridgehead atoms. The third-order valence-electron chi connectivity index (χ3n) is 2.74. The van der Waals surface area contributed by atoms with Crippen LogP contribution in [-0.2, 0) is 20.1 Å². The van der Waals surface area contributed by atoms with Gasteiger partial charge in [0.2, 0.25) is 0 Å². The molecule has 2 aromatic rings. The number of carboxylic acids is 1. The molecule has 96 valence electrons. The Morgan fingerprint density at radius 3 is 2.94 bits per heavy atom. The smallest absolute Gasteiger partial charge is 0.339 e. The monoisotopic (exact) mass is 265 g/mol. The highest BCUT2D eigenvalue weighted by atomic mass is 32.1. The summed E-state index contributed by atoms with van der Waals surface area (Å²) in [4.78, 5) is 13.1. The first-order valence-corrected chi connectivity index (χ1v) is 6.46. The van der Waals surface area contributed by atoms with E-state index in [1.165, 1.54) is 11.8 Å². The van der Waals surface area contributed by atoms with Gasteiger partial charge < -0.3 is 5.11 Å². The minimum atomic E-state index is -0.929. The van der Waals surface area contributed by atoms with Crippen LogP contribution in [0.3, 0.4) is 0 Å². The summed E-state index contributed by atoms with van der Waals surface area (Å²) in [6.07, 6.45) is 1.40. The first-order chi connectivity index (χ1) is 8.58. The molecule has 1 N–H and O–H groups in total. The molecule has 0 spiro atoms. The number of aromatic nitrogens is 2. The average molecular weight is 265 g/mol. The molecule has 18 heavy (non-hydrogen) atoms. The fraction of sp³-hybridized carbons (Fsp3) is 0.333. The lowest BCUT2D eigenvalue weighted by Gasteiger charge is -2.16. The molecule has 0 unspecified atom stereocenters. The van der Waals surface area contributed by atoms with E-state index >= 15 is 0 Å². The lowest BCUT2D eigenvalue weighted by atomic mass is 10.2. The van der Waals surface area contributed by atoms with Gasteiger partial charge in [-0.2, -0.15) is 16.4 Å². The van der Waals surface area contributed by atoms with Crippen LogP contribution in [0.15, 0.2) is 23.0 Å². The molecular formula is C12H15N3O2S. The molecule has 0 saturated carbocycles. The zero-order valence-electron chi connectivity index (χ0n) is 10.3. The number of aromatic carboxylic acids is 1. The SMILES string of the molecule is CN(Cc1ccsc1)Cc1c(C(=O)O)cnn1C. The predicted octanol–water partition coefficient (Wildman–Crippen LogP) is 1.81. The zero-order valence-corrected chi connectivity index (χ0v) is 11.1. The number of aryl methyl sites for hydroxylation is 1. The van der Waals surface area contributed by atoms with Gasteiger partial charge in [0, 0.05) is 20.1 Å². The van der Waals surface area contributed by atoms with Gasteiger partial charge in [0.05, 0.1) is 11.9 Å². The van der Waals surface area contributed by atoms with Crippen LogP contribution in [0, 0.1) is 0 Å². The maximum absolute atomic E-state index is 11.1. The lowest BCUT2D eigenvalue weighted by molar-refractivity contribution is 0.0694. The van der Waals surface area contributed by atoms with E-state index in [2.05, 4.69) is 21.4 Å². The van der Waals surface area contributed by atoms with Crippen molar-refractivity contribution in [3.8, 4) is 0 Å². The summed E-state index contributed by atoms with van der Waals surface area (Å²) in [6, 6.07) is 2.07. The molecule has 6 heteroatoms. The highest BCUT2D eigenvalue weighted by Crippen LogP contribution is 2.13. The molecule has 5 nitrogen and oxygen atoms in total. The summed E-state index contributed by atoms with van der Waals surface area (Å²) in [6.45, 7) is 1.36. The van der Waals surface area contributed by atoms with E-state index in [9.17, 15) is 4.79 Å². The van der Waals surface area contributed by atoms with Crippen molar-refractivity contribution in [1.29, 1.82) is 0 Å². The molecule has 0 aromatic carbocycles. The maximum Gasteiger partial charge on any atom is 0.339 e. The zero-order chi connectivity index (χ0) is 13.1. The van der Waals surface area contributed by atoms with Gasteiger partial charge >= 0.3 is 5.97 Å². The largest absolute Gasteiger partial charge is 0.478 e. The average Bonchev–Trinajstić information content (AvgIpc) is 2.90. The van der Waals surface area contributed by atoms with E-state index in [-0.39, 0.29) is 5.56 Å². The second-order valence-corrected chi connectivity index (χ2v) is 5.02. The number of rotatable bonds is 5. The molecule has 0 radical (unpaired) electrons. The normalized spacial score (nSPS) is 11.1. The van der Waals surface area contributed by atoms with Gasteiger partial charge in [0.25, 0.3) is 0 Å². The molecule has 0 saturated heterocycles. The van der Waals surface area contributed by atoms with Crippen molar-refractivity contribution in [1.82, 2.24) is 14.7 Å². The highest BCUT2D eigenvalue weighted by Gasteiger charge is 2.16. The Balaban J connectivity index is 2.09. The third kappa shape index (κ3) is 2.77. The summed E-state index contributed by atoms with van der Waals surface area (Å²) in [5.41, 5.74) is 2.23. The highest BCUT2D eigenvalue weighted by molar-refractivity contribution is 7.07. The standard InChI is InChI=1S/C12H15N3O2S/c1-14(6-9-3-4-18-8-9)7-11-10(12(16)17)5-13-15(11)2/h3-5,8H,6-7H2,1-2H3,(H,16,17). The van der Waals surface area contributed by atoms with E-state index in [1.807, 2.05) is 12.4 Å². The molecule has 0 fully saturated rings. The van der Waals surface area contributed by atoms with Crippen molar-refractivity contribution in [2.45, 2.75) is 13.1 Å². The molecule has 0 aliphatic carbocycles. The molecule has 2 heterocycles. The minimum Gasteiger partial charge on any atom is -0.478 e. The van der Waals surface area contributed by atoms with Crippen molar-refractivity contribution in [3.63, 3.8) is 0 Å². The van der Waals surface area contributed by atoms with Crippen molar-refractivity contribution in [2.24, 2.45) is 7.05 Å². The van der Waals surface area contributed by atoms with Crippen LogP contribution in [0.1, 0.15) is 21.6 Å². The van der Waals surface area contributed by atoms with E-state index in [0.717, 1.165) is 12.2 Å². The van der Waals surface area contributed by atoms with E-state index in [1.54, 1.807) is 23.1 Å². The van der Waals surface area contributed by atoms with Crippen molar-refractivity contribution < 1.29 is 9.90 Å². The Morgan fingerprint density at radius 1 is 1.56 bits per heavy atom. The first kappa shape index (κ1) is 12.8. The summed E-state index contributed by atoms with van der Waals surface area (Å²) in [5.74, 6) is -0.929. The summed E-state index contributed by atoms with van der Waals surface area (Å²) >= 11 is 1.66.